The number of hydrogen-bond donors (Lipinski definition) is 2. The molecule has 0 aliphatic rings. The van der Waals surface area contributed by atoms with Crippen molar-refractivity contribution in [1.82, 2.24) is 15.1 Å². The molecule has 0 aliphatic carbocycles. The number of rotatable bonds is 6. The molecule has 0 saturated heterocycles. The Morgan fingerprint density at radius 2 is 1.86 bits per heavy atom. The number of nitrogens with one attached hydrogen (secondary N) is 1. The third-order valence-electron chi connectivity index (χ3n) is 3.29. The fourth-order valence-electron chi connectivity index (χ4n) is 2.14. The molecule has 0 saturated carbocycles. The maximum atomic E-state index is 9.28. The second-order valence-corrected chi connectivity index (χ2v) is 6.36. The van der Waals surface area contributed by atoms with E-state index < -0.39 is 6.10 Å². The quantitative estimate of drug-likeness (QED) is 0.824. The van der Waals surface area contributed by atoms with E-state index in [-0.39, 0.29) is 0 Å². The zero-order valence-electron chi connectivity index (χ0n) is 12.4. The minimum atomic E-state index is -0.406. The molecule has 1 atom stereocenters. The van der Waals surface area contributed by atoms with Crippen LogP contribution in [0.15, 0.2) is 18.2 Å². The van der Waals surface area contributed by atoms with Gasteiger partial charge in [0.25, 0.3) is 0 Å². The first-order valence-corrected chi connectivity index (χ1v) is 8.07. The predicted octanol–water partition coefficient (Wildman–Crippen LogP) is 3.67. The summed E-state index contributed by atoms with van der Waals surface area (Å²) >= 11 is 18.8. The summed E-state index contributed by atoms with van der Waals surface area (Å²) in [6, 6.07) is 5.38. The van der Waals surface area contributed by atoms with Crippen LogP contribution >= 0.6 is 34.8 Å². The van der Waals surface area contributed by atoms with E-state index in [0.29, 0.717) is 34.8 Å². The van der Waals surface area contributed by atoms with Crippen LogP contribution in [0.2, 0.25) is 15.2 Å². The third-order valence-corrected chi connectivity index (χ3v) is 4.43. The largest absolute Gasteiger partial charge is 0.392 e. The highest BCUT2D eigenvalue weighted by Gasteiger charge is 2.15. The highest BCUT2D eigenvalue weighted by atomic mass is 35.5. The molecular weight excluding hydrogens is 345 g/mol. The van der Waals surface area contributed by atoms with Gasteiger partial charge in [-0.15, -0.1) is 0 Å². The van der Waals surface area contributed by atoms with Crippen LogP contribution in [-0.2, 0) is 13.1 Å². The lowest BCUT2D eigenvalue weighted by Gasteiger charge is -2.09. The second kappa shape index (κ2) is 7.66. The second-order valence-electron chi connectivity index (χ2n) is 5.19. The maximum Gasteiger partial charge on any atom is 0.132 e. The SMILES string of the molecule is Cc1nn(Cc2c(Cl)cccc2Cl)c(Cl)c1CNCC(C)O. The van der Waals surface area contributed by atoms with Crippen molar-refractivity contribution in [2.75, 3.05) is 6.54 Å². The third kappa shape index (κ3) is 4.15. The molecule has 0 radical (unpaired) electrons. The zero-order valence-corrected chi connectivity index (χ0v) is 14.7. The molecule has 0 bridgehead atoms. The van der Waals surface area contributed by atoms with Gasteiger partial charge in [0.15, 0.2) is 0 Å². The summed E-state index contributed by atoms with van der Waals surface area (Å²) in [4.78, 5) is 0. The summed E-state index contributed by atoms with van der Waals surface area (Å²) in [6.07, 6.45) is -0.406. The van der Waals surface area contributed by atoms with Crippen LogP contribution in [0, 0.1) is 6.92 Å². The average molecular weight is 363 g/mol. The molecule has 7 heteroatoms. The van der Waals surface area contributed by atoms with Gasteiger partial charge < -0.3 is 10.4 Å². The molecule has 2 rings (SSSR count). The van der Waals surface area contributed by atoms with Crippen molar-refractivity contribution in [3.63, 3.8) is 0 Å². The van der Waals surface area contributed by atoms with Crippen LogP contribution in [-0.4, -0.2) is 27.5 Å². The molecule has 0 fully saturated rings. The topological polar surface area (TPSA) is 50.1 Å². The van der Waals surface area contributed by atoms with Crippen LogP contribution in [0.3, 0.4) is 0 Å². The Morgan fingerprint density at radius 1 is 1.23 bits per heavy atom. The number of aryl methyl sites for hydroxylation is 1. The van der Waals surface area contributed by atoms with Crippen molar-refractivity contribution in [2.45, 2.75) is 33.0 Å². The van der Waals surface area contributed by atoms with Gasteiger partial charge in [-0.2, -0.15) is 5.10 Å². The van der Waals surface area contributed by atoms with Crippen molar-refractivity contribution < 1.29 is 5.11 Å². The Morgan fingerprint density at radius 3 is 2.45 bits per heavy atom. The monoisotopic (exact) mass is 361 g/mol. The van der Waals surface area contributed by atoms with Crippen molar-refractivity contribution in [1.29, 1.82) is 0 Å². The smallest absolute Gasteiger partial charge is 0.132 e. The summed E-state index contributed by atoms with van der Waals surface area (Å²) < 4.78 is 1.68. The average Bonchev–Trinajstić information content (AvgIpc) is 2.70. The van der Waals surface area contributed by atoms with E-state index in [1.165, 1.54) is 0 Å². The lowest BCUT2D eigenvalue weighted by Crippen LogP contribution is -2.24. The minimum absolute atomic E-state index is 0.406. The first-order valence-electron chi connectivity index (χ1n) is 6.93. The number of halogens is 3. The maximum absolute atomic E-state index is 9.28. The fraction of sp³-hybridized carbons (Fsp3) is 0.400. The number of hydrogen-bond acceptors (Lipinski definition) is 3. The van der Waals surface area contributed by atoms with E-state index in [1.807, 2.05) is 6.92 Å². The van der Waals surface area contributed by atoms with Crippen LogP contribution in [0.4, 0.5) is 0 Å². The summed E-state index contributed by atoms with van der Waals surface area (Å²) in [7, 11) is 0. The van der Waals surface area contributed by atoms with Crippen LogP contribution in [0.5, 0.6) is 0 Å². The van der Waals surface area contributed by atoms with Gasteiger partial charge in [-0.3, -0.25) is 0 Å². The van der Waals surface area contributed by atoms with Gasteiger partial charge in [0.05, 0.1) is 18.3 Å². The Bertz CT molecular complexity index is 635. The number of nitrogens with zero attached hydrogens (tertiary/aromatic N) is 2. The Labute approximate surface area is 145 Å². The van der Waals surface area contributed by atoms with E-state index in [2.05, 4.69) is 10.4 Å². The van der Waals surface area contributed by atoms with Crippen molar-refractivity contribution in [3.05, 3.63) is 50.2 Å². The first kappa shape index (κ1) is 17.6. The van der Waals surface area contributed by atoms with Crippen molar-refractivity contribution in [3.8, 4) is 0 Å². The molecule has 0 spiro atoms. The molecule has 1 heterocycles. The fourth-order valence-corrected chi connectivity index (χ4v) is 2.95. The molecule has 2 N–H and O–H groups in total. The standard InChI is InChI=1S/C15H18Cl3N3O/c1-9(22)6-19-7-11-10(2)20-21(15(11)18)8-12-13(16)4-3-5-14(12)17/h3-5,9,19,22H,6-8H2,1-2H3. The van der Waals surface area contributed by atoms with Crippen LogP contribution in [0.1, 0.15) is 23.7 Å². The van der Waals surface area contributed by atoms with E-state index in [4.69, 9.17) is 34.8 Å². The summed E-state index contributed by atoms with van der Waals surface area (Å²) in [5, 5.41) is 18.6. The van der Waals surface area contributed by atoms with Crippen LogP contribution in [0.25, 0.3) is 0 Å². The van der Waals surface area contributed by atoms with Crippen LogP contribution < -0.4 is 5.32 Å². The van der Waals surface area contributed by atoms with Gasteiger partial charge in [0.1, 0.15) is 5.15 Å². The molecule has 0 amide bonds. The molecule has 120 valence electrons. The van der Waals surface area contributed by atoms with Gasteiger partial charge in [-0.05, 0) is 26.0 Å². The number of aliphatic hydroxyl groups excluding tert-OH is 1. The van der Waals surface area contributed by atoms with Crippen molar-refractivity contribution >= 4 is 34.8 Å². The van der Waals surface area contributed by atoms with Gasteiger partial charge in [0, 0.05) is 34.3 Å². The van der Waals surface area contributed by atoms with Gasteiger partial charge in [-0.25, -0.2) is 4.68 Å². The molecule has 0 aliphatic heterocycles. The molecule has 1 aromatic carbocycles. The molecule has 1 unspecified atom stereocenters. The Kier molecular flexibility index (Phi) is 6.12. The number of benzene rings is 1. The summed E-state index contributed by atoms with van der Waals surface area (Å²) in [5.41, 5.74) is 2.54. The summed E-state index contributed by atoms with van der Waals surface area (Å²) in [5.74, 6) is 0. The normalized spacial score (nSPS) is 12.6. The van der Waals surface area contributed by atoms with E-state index in [1.54, 1.807) is 29.8 Å². The van der Waals surface area contributed by atoms with Gasteiger partial charge >= 0.3 is 0 Å². The highest BCUT2D eigenvalue weighted by molar-refractivity contribution is 6.36. The number of aromatic nitrogens is 2. The zero-order chi connectivity index (χ0) is 16.3. The van der Waals surface area contributed by atoms with Gasteiger partial charge in [-0.1, -0.05) is 40.9 Å². The molecular formula is C15H18Cl3N3O. The van der Waals surface area contributed by atoms with E-state index in [9.17, 15) is 5.11 Å². The number of aliphatic hydroxyl groups is 1. The lowest BCUT2D eigenvalue weighted by atomic mass is 10.2. The Hall–Kier alpha value is -0.780. The molecule has 1 aromatic heterocycles. The molecule has 2 aromatic rings. The minimum Gasteiger partial charge on any atom is -0.392 e. The van der Waals surface area contributed by atoms with E-state index >= 15 is 0 Å². The van der Waals surface area contributed by atoms with E-state index in [0.717, 1.165) is 16.8 Å². The summed E-state index contributed by atoms with van der Waals surface area (Å²) in [6.45, 7) is 5.08. The molecule has 22 heavy (non-hydrogen) atoms. The molecule has 4 nitrogen and oxygen atoms in total. The van der Waals surface area contributed by atoms with Crippen molar-refractivity contribution in [2.24, 2.45) is 0 Å². The highest BCUT2D eigenvalue weighted by Crippen LogP contribution is 2.27. The predicted molar refractivity (Wildman–Crippen MR) is 90.9 cm³/mol. The van der Waals surface area contributed by atoms with Gasteiger partial charge in [0.2, 0.25) is 0 Å². The Balaban J connectivity index is 2.19. The first-order chi connectivity index (χ1) is 10.4. The lowest BCUT2D eigenvalue weighted by molar-refractivity contribution is 0.191.